The van der Waals surface area contributed by atoms with Crippen molar-refractivity contribution in [2.24, 2.45) is 10.7 Å². The second-order valence-electron chi connectivity index (χ2n) is 11.0. The van der Waals surface area contributed by atoms with E-state index in [0.29, 0.717) is 56.3 Å². The summed E-state index contributed by atoms with van der Waals surface area (Å²) in [7, 11) is 3.82. The number of anilines is 1. The molecule has 0 aliphatic carbocycles. The standard InChI is InChI=1S/C36H39N5O4/c1-39(2)30-18-9-10-19-31(30)45-34(26-42)41-25-29-17-11-20-32(35(29)38-36(41)37)44-22-12-21-33(43)40(23-27-13-5-3-6-14-27)24-28-15-7-4-8-16-28/h3-11,13-20,26,34H,12,21-25H2,1-2H3,(H2,37,38). The number of aldehydes is 1. The number of nitrogens with zero attached hydrogens (tertiary/aromatic N) is 4. The highest BCUT2D eigenvalue weighted by molar-refractivity contribution is 5.87. The monoisotopic (exact) mass is 605 g/mol. The van der Waals surface area contributed by atoms with Crippen LogP contribution in [0.3, 0.4) is 0 Å². The average molecular weight is 606 g/mol. The first-order valence-electron chi connectivity index (χ1n) is 15.0. The van der Waals surface area contributed by atoms with Crippen LogP contribution in [-0.2, 0) is 29.2 Å². The van der Waals surface area contributed by atoms with Crippen molar-refractivity contribution < 1.29 is 19.1 Å². The Hall–Kier alpha value is -5.31. The quantitative estimate of drug-likeness (QED) is 0.150. The molecule has 1 heterocycles. The predicted molar refractivity (Wildman–Crippen MR) is 176 cm³/mol. The van der Waals surface area contributed by atoms with Gasteiger partial charge in [-0.05, 0) is 35.7 Å². The molecule has 1 unspecified atom stereocenters. The first-order chi connectivity index (χ1) is 21.9. The van der Waals surface area contributed by atoms with E-state index in [1.54, 1.807) is 4.90 Å². The predicted octanol–water partition coefficient (Wildman–Crippen LogP) is 5.51. The number of hydrogen-bond acceptors (Lipinski definition) is 8. The van der Waals surface area contributed by atoms with Crippen LogP contribution in [0.25, 0.3) is 0 Å². The number of nitrogens with two attached hydrogens (primary N) is 1. The molecule has 1 aliphatic heterocycles. The SMILES string of the molecule is CN(C)c1ccccc1OC(C=O)N1Cc2cccc(OCCCC(=O)N(Cc3ccccc3)Cc3ccccc3)c2N=C1N. The summed E-state index contributed by atoms with van der Waals surface area (Å²) in [6.45, 7) is 1.74. The minimum atomic E-state index is -0.965. The van der Waals surface area contributed by atoms with Gasteiger partial charge in [-0.3, -0.25) is 14.5 Å². The van der Waals surface area contributed by atoms with E-state index in [-0.39, 0.29) is 11.9 Å². The van der Waals surface area contributed by atoms with Gasteiger partial charge in [-0.15, -0.1) is 0 Å². The number of guanidine groups is 1. The van der Waals surface area contributed by atoms with Gasteiger partial charge in [-0.25, -0.2) is 4.99 Å². The molecule has 0 saturated heterocycles. The van der Waals surface area contributed by atoms with E-state index in [4.69, 9.17) is 15.2 Å². The Morgan fingerprint density at radius 1 is 0.889 bits per heavy atom. The van der Waals surface area contributed by atoms with E-state index in [0.717, 1.165) is 28.7 Å². The number of hydrogen-bond donors (Lipinski definition) is 1. The number of amides is 1. The molecule has 0 saturated carbocycles. The van der Waals surface area contributed by atoms with E-state index in [9.17, 15) is 9.59 Å². The number of rotatable bonds is 14. The highest BCUT2D eigenvalue weighted by atomic mass is 16.5. The van der Waals surface area contributed by atoms with Gasteiger partial charge in [0.05, 0.1) is 18.8 Å². The summed E-state index contributed by atoms with van der Waals surface area (Å²) in [6, 6.07) is 33.2. The minimum absolute atomic E-state index is 0.0649. The topological polar surface area (TPSA) is 101 Å². The second kappa shape index (κ2) is 14.9. The van der Waals surface area contributed by atoms with Crippen molar-refractivity contribution in [3.8, 4) is 11.5 Å². The van der Waals surface area contributed by atoms with E-state index in [1.165, 1.54) is 0 Å². The van der Waals surface area contributed by atoms with E-state index < -0.39 is 6.23 Å². The molecule has 4 aromatic rings. The van der Waals surface area contributed by atoms with E-state index in [1.807, 2.05) is 127 Å². The van der Waals surface area contributed by atoms with Gasteiger partial charge in [0, 0.05) is 39.2 Å². The van der Waals surface area contributed by atoms with Crippen molar-refractivity contribution in [2.45, 2.75) is 38.7 Å². The van der Waals surface area contributed by atoms with Crippen LogP contribution < -0.4 is 20.1 Å². The summed E-state index contributed by atoms with van der Waals surface area (Å²) >= 11 is 0. The lowest BCUT2D eigenvalue weighted by molar-refractivity contribution is -0.132. The van der Waals surface area contributed by atoms with Gasteiger partial charge in [0.1, 0.15) is 17.2 Å². The number of carbonyl (C=O) groups excluding carboxylic acids is 2. The van der Waals surface area contributed by atoms with E-state index >= 15 is 0 Å². The van der Waals surface area contributed by atoms with Crippen LogP contribution in [0.15, 0.2) is 108 Å². The van der Waals surface area contributed by atoms with Crippen LogP contribution in [0.4, 0.5) is 11.4 Å². The highest BCUT2D eigenvalue weighted by Crippen LogP contribution is 2.36. The number of para-hydroxylation sites is 3. The Bertz CT molecular complexity index is 1570. The second-order valence-corrected chi connectivity index (χ2v) is 11.0. The van der Waals surface area contributed by atoms with Crippen LogP contribution in [-0.4, -0.2) is 54.9 Å². The van der Waals surface area contributed by atoms with Crippen molar-refractivity contribution in [1.29, 1.82) is 0 Å². The van der Waals surface area contributed by atoms with Crippen molar-refractivity contribution in [1.82, 2.24) is 9.80 Å². The maximum atomic E-state index is 13.3. The number of aliphatic imine (C=N–C) groups is 1. The molecule has 0 radical (unpaired) electrons. The molecule has 9 nitrogen and oxygen atoms in total. The smallest absolute Gasteiger partial charge is 0.231 e. The van der Waals surface area contributed by atoms with Crippen LogP contribution in [0, 0.1) is 0 Å². The molecule has 1 atom stereocenters. The fourth-order valence-corrected chi connectivity index (χ4v) is 5.23. The molecule has 2 N–H and O–H groups in total. The normalized spacial score (nSPS) is 12.8. The van der Waals surface area contributed by atoms with Gasteiger partial charge >= 0.3 is 0 Å². The van der Waals surface area contributed by atoms with Gasteiger partial charge in [0.2, 0.25) is 12.1 Å². The Balaban J connectivity index is 1.21. The Morgan fingerprint density at radius 2 is 1.51 bits per heavy atom. The molecule has 1 aliphatic rings. The molecule has 232 valence electrons. The lowest BCUT2D eigenvalue weighted by Crippen LogP contribution is -2.49. The zero-order valence-electron chi connectivity index (χ0n) is 25.7. The minimum Gasteiger partial charge on any atom is -0.491 e. The highest BCUT2D eigenvalue weighted by Gasteiger charge is 2.28. The van der Waals surface area contributed by atoms with E-state index in [2.05, 4.69) is 4.99 Å². The zero-order valence-corrected chi connectivity index (χ0v) is 25.7. The summed E-state index contributed by atoms with van der Waals surface area (Å²) < 4.78 is 12.2. The molecule has 0 bridgehead atoms. The third-order valence-corrected chi connectivity index (χ3v) is 7.54. The maximum Gasteiger partial charge on any atom is 0.231 e. The summed E-state index contributed by atoms with van der Waals surface area (Å²) in [4.78, 5) is 35.5. The number of carbonyl (C=O) groups is 2. The lowest BCUT2D eigenvalue weighted by Gasteiger charge is -2.33. The van der Waals surface area contributed by atoms with Crippen LogP contribution in [0.2, 0.25) is 0 Å². The summed E-state index contributed by atoms with van der Waals surface area (Å²) in [5.74, 6) is 1.37. The van der Waals surface area contributed by atoms with Crippen LogP contribution in [0.1, 0.15) is 29.5 Å². The maximum absolute atomic E-state index is 13.3. The largest absolute Gasteiger partial charge is 0.491 e. The Kier molecular flexibility index (Phi) is 10.3. The fourth-order valence-electron chi connectivity index (χ4n) is 5.23. The summed E-state index contributed by atoms with van der Waals surface area (Å²) in [6.07, 6.45) is 0.644. The molecule has 45 heavy (non-hydrogen) atoms. The molecule has 5 rings (SSSR count). The molecule has 0 fully saturated rings. The molecule has 4 aromatic carbocycles. The average Bonchev–Trinajstić information content (AvgIpc) is 3.06. The molecule has 1 amide bonds. The number of fused-ring (bicyclic) bond motifs is 1. The zero-order chi connectivity index (χ0) is 31.6. The first-order valence-corrected chi connectivity index (χ1v) is 15.0. The lowest BCUT2D eigenvalue weighted by atomic mass is 10.1. The van der Waals surface area contributed by atoms with Gasteiger partial charge in [0.25, 0.3) is 0 Å². The Morgan fingerprint density at radius 3 is 2.16 bits per heavy atom. The van der Waals surface area contributed by atoms with Crippen LogP contribution in [0.5, 0.6) is 11.5 Å². The summed E-state index contributed by atoms with van der Waals surface area (Å²) in [5.41, 5.74) is 10.8. The third kappa shape index (κ3) is 8.00. The van der Waals surface area contributed by atoms with Gasteiger partial charge in [-0.2, -0.15) is 0 Å². The fraction of sp³-hybridized carbons (Fsp3) is 0.250. The molecule has 0 spiro atoms. The van der Waals surface area contributed by atoms with Crippen molar-refractivity contribution >= 4 is 29.5 Å². The Labute approximate surface area is 264 Å². The first kappa shape index (κ1) is 31.1. The van der Waals surface area contributed by atoms with Gasteiger partial charge in [-0.1, -0.05) is 84.9 Å². The van der Waals surface area contributed by atoms with Crippen LogP contribution >= 0.6 is 0 Å². The molecular formula is C36H39N5O4. The third-order valence-electron chi connectivity index (χ3n) is 7.54. The molecule has 9 heteroatoms. The summed E-state index contributed by atoms with van der Waals surface area (Å²) in [5, 5.41) is 0. The number of ether oxygens (including phenoxy) is 2. The van der Waals surface area contributed by atoms with Crippen molar-refractivity contribution in [2.75, 3.05) is 25.6 Å². The molecular weight excluding hydrogens is 566 g/mol. The molecule has 0 aromatic heterocycles. The van der Waals surface area contributed by atoms with Gasteiger partial charge in [0.15, 0.2) is 12.2 Å². The van der Waals surface area contributed by atoms with Crippen molar-refractivity contribution in [3.05, 3.63) is 120 Å². The number of benzene rings is 4. The van der Waals surface area contributed by atoms with Crippen molar-refractivity contribution in [3.63, 3.8) is 0 Å². The van der Waals surface area contributed by atoms with Gasteiger partial charge < -0.3 is 25.0 Å².